The predicted octanol–water partition coefficient (Wildman–Crippen LogP) is 1.12. The lowest BCUT2D eigenvalue weighted by atomic mass is 10.1. The van der Waals surface area contributed by atoms with Gasteiger partial charge in [0.05, 0.1) is 11.0 Å². The van der Waals surface area contributed by atoms with Gasteiger partial charge in [0.15, 0.2) is 9.84 Å². The number of hydrogen-bond acceptors (Lipinski definition) is 4. The molecule has 1 amide bonds. The van der Waals surface area contributed by atoms with Gasteiger partial charge in [-0.2, -0.15) is 0 Å². The highest BCUT2D eigenvalue weighted by molar-refractivity contribution is 7.92. The molecule has 0 fully saturated rings. The van der Waals surface area contributed by atoms with Crippen LogP contribution in [0.5, 0.6) is 0 Å². The number of amides is 1. The number of nitrogens with one attached hydrogen (secondary N) is 2. The van der Waals surface area contributed by atoms with Crippen LogP contribution in [0.25, 0.3) is 0 Å². The van der Waals surface area contributed by atoms with Crippen molar-refractivity contribution in [2.45, 2.75) is 19.1 Å². The van der Waals surface area contributed by atoms with Crippen LogP contribution in [0.4, 0.5) is 0 Å². The lowest BCUT2D eigenvalue weighted by Gasteiger charge is -2.09. The quantitative estimate of drug-likeness (QED) is 0.656. The molecule has 1 aliphatic rings. The summed E-state index contributed by atoms with van der Waals surface area (Å²) in [6.45, 7) is 4.73. The monoisotopic (exact) mass is 324 g/mol. The second-order valence-corrected chi connectivity index (χ2v) is 7.85. The van der Waals surface area contributed by atoms with E-state index < -0.39 is 9.84 Å². The Balaban J connectivity index is 2.23. The number of carbonyl (C=O) groups excluding carboxylic acids is 1. The van der Waals surface area contributed by atoms with E-state index in [9.17, 15) is 13.2 Å². The lowest BCUT2D eigenvalue weighted by Crippen LogP contribution is -2.35. The molecule has 1 aliphatic carbocycles. The van der Waals surface area contributed by atoms with E-state index in [1.165, 1.54) is 0 Å². The predicted molar refractivity (Wildman–Crippen MR) is 90.3 cm³/mol. The van der Waals surface area contributed by atoms with Gasteiger partial charge in [0.2, 0.25) is 0 Å². The summed E-state index contributed by atoms with van der Waals surface area (Å²) >= 11 is 0. The van der Waals surface area contributed by atoms with E-state index in [0.29, 0.717) is 25.2 Å². The summed E-state index contributed by atoms with van der Waals surface area (Å²) in [5, 5.41) is 5.46. The summed E-state index contributed by atoms with van der Waals surface area (Å²) in [6, 6.07) is 0. The SMILES string of the molecule is CC(C)S(=O)(=O)CCNCCNC(=O)C1=C/C=C\C=C/C=C\1. The summed E-state index contributed by atoms with van der Waals surface area (Å²) < 4.78 is 23.2. The summed E-state index contributed by atoms with van der Waals surface area (Å²) in [5.41, 5.74) is 0.586. The Bertz CT molecular complexity index is 585. The molecule has 0 saturated heterocycles. The van der Waals surface area contributed by atoms with Gasteiger partial charge in [0.1, 0.15) is 0 Å². The van der Waals surface area contributed by atoms with Crippen LogP contribution in [0.3, 0.4) is 0 Å². The Morgan fingerprint density at radius 2 is 1.73 bits per heavy atom. The van der Waals surface area contributed by atoms with Crippen LogP contribution in [0, 0.1) is 0 Å². The summed E-state index contributed by atoms with van der Waals surface area (Å²) in [7, 11) is -3.01. The van der Waals surface area contributed by atoms with Gasteiger partial charge in [0.25, 0.3) is 5.91 Å². The molecule has 0 atom stereocenters. The van der Waals surface area contributed by atoms with Gasteiger partial charge in [-0.05, 0) is 26.0 Å². The molecule has 0 spiro atoms. The largest absolute Gasteiger partial charge is 0.351 e. The van der Waals surface area contributed by atoms with Crippen molar-refractivity contribution in [1.29, 1.82) is 0 Å². The zero-order valence-electron chi connectivity index (χ0n) is 13.1. The van der Waals surface area contributed by atoms with E-state index in [4.69, 9.17) is 0 Å². The molecule has 0 aromatic carbocycles. The average Bonchev–Trinajstić information content (AvgIpc) is 2.41. The van der Waals surface area contributed by atoms with Gasteiger partial charge in [-0.25, -0.2) is 8.42 Å². The highest BCUT2D eigenvalue weighted by Gasteiger charge is 2.14. The van der Waals surface area contributed by atoms with Gasteiger partial charge in [-0.15, -0.1) is 0 Å². The summed E-state index contributed by atoms with van der Waals surface area (Å²) in [4.78, 5) is 11.9. The van der Waals surface area contributed by atoms with Gasteiger partial charge in [-0.3, -0.25) is 4.79 Å². The van der Waals surface area contributed by atoms with Crippen LogP contribution in [0.15, 0.2) is 48.1 Å². The minimum atomic E-state index is -3.01. The van der Waals surface area contributed by atoms with E-state index in [1.54, 1.807) is 26.0 Å². The van der Waals surface area contributed by atoms with Crippen molar-refractivity contribution in [3.63, 3.8) is 0 Å². The molecule has 0 aromatic rings. The maximum absolute atomic E-state index is 11.9. The lowest BCUT2D eigenvalue weighted by molar-refractivity contribution is -0.117. The van der Waals surface area contributed by atoms with E-state index in [2.05, 4.69) is 10.6 Å². The first-order valence-corrected chi connectivity index (χ1v) is 9.07. The second kappa shape index (κ2) is 9.38. The molecule has 122 valence electrons. The first kappa shape index (κ1) is 18.4. The second-order valence-electron chi connectivity index (χ2n) is 5.17. The maximum atomic E-state index is 11.9. The summed E-state index contributed by atoms with van der Waals surface area (Å²) in [6.07, 6.45) is 12.7. The van der Waals surface area contributed by atoms with Gasteiger partial charge < -0.3 is 10.6 Å². The highest BCUT2D eigenvalue weighted by atomic mass is 32.2. The van der Waals surface area contributed by atoms with Crippen molar-refractivity contribution < 1.29 is 13.2 Å². The van der Waals surface area contributed by atoms with Crippen LogP contribution >= 0.6 is 0 Å². The Kier molecular flexibility index (Phi) is 7.84. The third-order valence-electron chi connectivity index (χ3n) is 3.13. The molecule has 0 aromatic heterocycles. The number of rotatable bonds is 8. The Morgan fingerprint density at radius 3 is 2.45 bits per heavy atom. The Morgan fingerprint density at radius 1 is 1.05 bits per heavy atom. The maximum Gasteiger partial charge on any atom is 0.251 e. The van der Waals surface area contributed by atoms with Crippen LogP contribution in [0.1, 0.15) is 13.8 Å². The third-order valence-corrected chi connectivity index (χ3v) is 5.34. The Hall–Kier alpha value is -1.66. The van der Waals surface area contributed by atoms with Crippen molar-refractivity contribution in [2.75, 3.05) is 25.4 Å². The van der Waals surface area contributed by atoms with Crippen molar-refractivity contribution in [1.82, 2.24) is 10.6 Å². The molecule has 2 N–H and O–H groups in total. The molecule has 0 unspecified atom stereocenters. The highest BCUT2D eigenvalue weighted by Crippen LogP contribution is 2.01. The fourth-order valence-corrected chi connectivity index (χ4v) is 2.56. The van der Waals surface area contributed by atoms with Gasteiger partial charge >= 0.3 is 0 Å². The first-order valence-electron chi connectivity index (χ1n) is 7.35. The van der Waals surface area contributed by atoms with Crippen molar-refractivity contribution >= 4 is 15.7 Å². The van der Waals surface area contributed by atoms with Crippen molar-refractivity contribution in [3.05, 3.63) is 48.1 Å². The zero-order chi connectivity index (χ0) is 16.4. The number of hydrogen-bond donors (Lipinski definition) is 2. The Labute approximate surface area is 132 Å². The standard InChI is InChI=1S/C16H24N2O3S/c1-14(2)22(20,21)13-12-17-10-11-18-16(19)15-8-6-4-3-5-7-9-15/h3-9,14,17H,10-13H2,1-2H3,(H,18,19)/b4-3-,5-3?,6-4?,7-5-,8-6-,9-7?,15-8?,15-9+. The molecule has 0 radical (unpaired) electrons. The molecule has 22 heavy (non-hydrogen) atoms. The number of allylic oxidation sites excluding steroid dienone is 6. The average molecular weight is 324 g/mol. The zero-order valence-corrected chi connectivity index (χ0v) is 13.9. The molecule has 0 aliphatic heterocycles. The molecule has 0 heterocycles. The van der Waals surface area contributed by atoms with Crippen molar-refractivity contribution in [3.8, 4) is 0 Å². The molecule has 6 heteroatoms. The van der Waals surface area contributed by atoms with Crippen LogP contribution in [-0.4, -0.2) is 45.0 Å². The molecule has 0 saturated carbocycles. The van der Waals surface area contributed by atoms with Crippen LogP contribution in [0.2, 0.25) is 0 Å². The van der Waals surface area contributed by atoms with E-state index >= 15 is 0 Å². The topological polar surface area (TPSA) is 75.3 Å². The van der Waals surface area contributed by atoms with Crippen LogP contribution in [-0.2, 0) is 14.6 Å². The number of carbonyl (C=O) groups is 1. The molecule has 0 bridgehead atoms. The molecule has 1 rings (SSSR count). The smallest absolute Gasteiger partial charge is 0.251 e. The molecular weight excluding hydrogens is 300 g/mol. The van der Waals surface area contributed by atoms with Gasteiger partial charge in [0, 0.05) is 25.2 Å². The van der Waals surface area contributed by atoms with E-state index in [1.807, 2.05) is 30.4 Å². The van der Waals surface area contributed by atoms with Gasteiger partial charge in [-0.1, -0.05) is 30.4 Å². The normalized spacial score (nSPS) is 21.3. The van der Waals surface area contributed by atoms with E-state index in [-0.39, 0.29) is 16.9 Å². The summed E-state index contributed by atoms with van der Waals surface area (Å²) in [5.74, 6) is -0.0308. The van der Waals surface area contributed by atoms with E-state index in [0.717, 1.165) is 0 Å². The fourth-order valence-electron chi connectivity index (χ4n) is 1.66. The minimum Gasteiger partial charge on any atom is -0.351 e. The fraction of sp³-hybridized carbons (Fsp3) is 0.438. The first-order chi connectivity index (χ1) is 10.4. The molecular formula is C16H24N2O3S. The molecule has 5 nitrogen and oxygen atoms in total. The van der Waals surface area contributed by atoms with Crippen LogP contribution < -0.4 is 10.6 Å². The van der Waals surface area contributed by atoms with Crippen molar-refractivity contribution in [2.24, 2.45) is 0 Å². The third kappa shape index (κ3) is 6.87. The number of sulfone groups is 1. The minimum absolute atomic E-state index is 0.115.